The van der Waals surface area contributed by atoms with Gasteiger partial charge in [-0.3, -0.25) is 0 Å². The SMILES string of the molecule is Fc1cc(OCC=C(Cl)Cl)cc(Cl)c1OCCCBr. The molecule has 1 rings (SSSR count). The van der Waals surface area contributed by atoms with Crippen LogP contribution in [0.5, 0.6) is 11.5 Å². The average molecular weight is 392 g/mol. The minimum absolute atomic E-state index is 0.0286. The van der Waals surface area contributed by atoms with Gasteiger partial charge < -0.3 is 9.47 Å². The predicted molar refractivity (Wildman–Crippen MR) is 80.6 cm³/mol. The van der Waals surface area contributed by atoms with Crippen LogP contribution in [0.2, 0.25) is 5.02 Å². The third kappa shape index (κ3) is 6.21. The fourth-order valence-electron chi connectivity index (χ4n) is 1.19. The van der Waals surface area contributed by atoms with E-state index in [-0.39, 0.29) is 27.6 Å². The molecule has 0 bridgehead atoms. The van der Waals surface area contributed by atoms with Crippen molar-refractivity contribution in [3.8, 4) is 11.5 Å². The van der Waals surface area contributed by atoms with Crippen molar-refractivity contribution < 1.29 is 13.9 Å². The lowest BCUT2D eigenvalue weighted by atomic mass is 10.3. The van der Waals surface area contributed by atoms with E-state index in [4.69, 9.17) is 44.3 Å². The summed E-state index contributed by atoms with van der Waals surface area (Å²) in [5, 5.41) is 0.935. The molecule has 0 N–H and O–H groups in total. The molecule has 19 heavy (non-hydrogen) atoms. The fraction of sp³-hybridized carbons (Fsp3) is 0.333. The van der Waals surface area contributed by atoms with Gasteiger partial charge >= 0.3 is 0 Å². The van der Waals surface area contributed by atoms with Gasteiger partial charge in [-0.05, 0) is 12.5 Å². The second-order valence-electron chi connectivity index (χ2n) is 3.41. The lowest BCUT2D eigenvalue weighted by molar-refractivity contribution is 0.300. The molecule has 106 valence electrons. The zero-order chi connectivity index (χ0) is 14.3. The largest absolute Gasteiger partial charge is 0.489 e. The molecule has 0 fully saturated rings. The first-order valence-electron chi connectivity index (χ1n) is 5.36. The number of ether oxygens (including phenoxy) is 2. The molecule has 0 saturated heterocycles. The molecule has 0 aliphatic heterocycles. The van der Waals surface area contributed by atoms with Gasteiger partial charge in [0.15, 0.2) is 11.6 Å². The van der Waals surface area contributed by atoms with E-state index in [1.165, 1.54) is 18.2 Å². The lowest BCUT2D eigenvalue weighted by Gasteiger charge is -2.10. The van der Waals surface area contributed by atoms with Crippen LogP contribution in [0.4, 0.5) is 4.39 Å². The second kappa shape index (κ2) is 8.90. The Hall–Kier alpha value is -0.160. The second-order valence-corrected chi connectivity index (χ2v) is 5.62. The first-order chi connectivity index (χ1) is 9.04. The molecule has 7 heteroatoms. The quantitative estimate of drug-likeness (QED) is 0.461. The summed E-state index contributed by atoms with van der Waals surface area (Å²) in [6.07, 6.45) is 2.20. The third-order valence-electron chi connectivity index (χ3n) is 1.98. The highest BCUT2D eigenvalue weighted by Crippen LogP contribution is 2.32. The molecule has 0 aliphatic carbocycles. The molecular weight excluding hydrogens is 381 g/mol. The molecule has 0 amide bonds. The van der Waals surface area contributed by atoms with Gasteiger partial charge in [-0.15, -0.1) is 0 Å². The van der Waals surface area contributed by atoms with Gasteiger partial charge in [0.2, 0.25) is 0 Å². The van der Waals surface area contributed by atoms with Crippen molar-refractivity contribution in [3.63, 3.8) is 0 Å². The molecule has 0 unspecified atom stereocenters. The van der Waals surface area contributed by atoms with Crippen molar-refractivity contribution in [2.75, 3.05) is 18.5 Å². The van der Waals surface area contributed by atoms with E-state index >= 15 is 0 Å². The zero-order valence-corrected chi connectivity index (χ0v) is 13.6. The molecule has 0 radical (unpaired) electrons. The number of hydrogen-bond acceptors (Lipinski definition) is 2. The Balaban J connectivity index is 2.70. The number of alkyl halides is 1. The van der Waals surface area contributed by atoms with Gasteiger partial charge in [0.05, 0.1) is 11.6 Å². The molecule has 0 saturated carbocycles. The summed E-state index contributed by atoms with van der Waals surface area (Å²) in [7, 11) is 0. The Morgan fingerprint density at radius 1 is 1.32 bits per heavy atom. The summed E-state index contributed by atoms with van der Waals surface area (Å²) < 4.78 is 24.3. The van der Waals surface area contributed by atoms with Gasteiger partial charge in [0, 0.05) is 17.5 Å². The van der Waals surface area contributed by atoms with E-state index in [0.717, 1.165) is 11.8 Å². The number of rotatable bonds is 7. The zero-order valence-electron chi connectivity index (χ0n) is 9.77. The highest BCUT2D eigenvalue weighted by Gasteiger charge is 2.11. The van der Waals surface area contributed by atoms with Crippen molar-refractivity contribution >= 4 is 50.7 Å². The number of hydrogen-bond donors (Lipinski definition) is 0. The van der Waals surface area contributed by atoms with Gasteiger partial charge in [-0.25, -0.2) is 4.39 Å². The summed E-state index contributed by atoms with van der Waals surface area (Å²) in [6.45, 7) is 0.509. The van der Waals surface area contributed by atoms with Crippen molar-refractivity contribution in [3.05, 3.63) is 33.5 Å². The van der Waals surface area contributed by atoms with E-state index in [1.54, 1.807) is 0 Å². The van der Waals surface area contributed by atoms with E-state index in [0.29, 0.717) is 6.61 Å². The average Bonchev–Trinajstić information content (AvgIpc) is 2.32. The van der Waals surface area contributed by atoms with Gasteiger partial charge in [0.1, 0.15) is 16.8 Å². The Labute approximate surface area is 134 Å². The fourth-order valence-corrected chi connectivity index (χ4v) is 1.79. The van der Waals surface area contributed by atoms with Crippen LogP contribution in [-0.2, 0) is 0 Å². The molecule has 0 atom stereocenters. The Kier molecular flexibility index (Phi) is 7.91. The van der Waals surface area contributed by atoms with E-state index in [1.807, 2.05) is 0 Å². The highest BCUT2D eigenvalue weighted by atomic mass is 79.9. The van der Waals surface area contributed by atoms with Crippen molar-refractivity contribution in [1.82, 2.24) is 0 Å². The maximum Gasteiger partial charge on any atom is 0.173 e. The predicted octanol–water partition coefficient (Wildman–Crippen LogP) is 5.34. The summed E-state index contributed by atoms with van der Waals surface area (Å²) >= 11 is 20.0. The first-order valence-corrected chi connectivity index (χ1v) is 7.62. The topological polar surface area (TPSA) is 18.5 Å². The first kappa shape index (κ1) is 16.9. The molecule has 0 aromatic heterocycles. The molecule has 0 aliphatic rings. The van der Waals surface area contributed by atoms with E-state index in [9.17, 15) is 4.39 Å². The maximum absolute atomic E-state index is 13.8. The normalized spacial score (nSPS) is 10.2. The molecule has 0 spiro atoms. The van der Waals surface area contributed by atoms with Gasteiger partial charge in [-0.1, -0.05) is 50.7 Å². The van der Waals surface area contributed by atoms with Crippen molar-refractivity contribution in [2.24, 2.45) is 0 Å². The smallest absolute Gasteiger partial charge is 0.173 e. The van der Waals surface area contributed by atoms with Crippen LogP contribution in [0.15, 0.2) is 22.7 Å². The molecule has 1 aromatic rings. The standard InChI is InChI=1S/C12H11BrCl3FO2/c13-3-1-4-19-12-9(14)6-8(7-10(12)17)18-5-2-11(15)16/h2,6-7H,1,3-5H2. The minimum atomic E-state index is -0.571. The molecule has 2 nitrogen and oxygen atoms in total. The van der Waals surface area contributed by atoms with Crippen LogP contribution in [0, 0.1) is 5.82 Å². The maximum atomic E-state index is 13.8. The molecule has 1 aromatic carbocycles. The van der Waals surface area contributed by atoms with Crippen LogP contribution in [-0.4, -0.2) is 18.5 Å². The Morgan fingerprint density at radius 2 is 2.05 bits per heavy atom. The summed E-state index contributed by atoms with van der Waals surface area (Å²) in [5.41, 5.74) is 0. The Morgan fingerprint density at radius 3 is 2.63 bits per heavy atom. The van der Waals surface area contributed by atoms with Gasteiger partial charge in [-0.2, -0.15) is 0 Å². The lowest BCUT2D eigenvalue weighted by Crippen LogP contribution is -2.01. The van der Waals surface area contributed by atoms with Crippen LogP contribution in [0.1, 0.15) is 6.42 Å². The molecule has 0 heterocycles. The van der Waals surface area contributed by atoms with Crippen LogP contribution in [0.25, 0.3) is 0 Å². The van der Waals surface area contributed by atoms with E-state index in [2.05, 4.69) is 15.9 Å². The summed E-state index contributed by atoms with van der Waals surface area (Å²) in [4.78, 5) is 0. The van der Waals surface area contributed by atoms with Crippen LogP contribution in [0.3, 0.4) is 0 Å². The summed E-state index contributed by atoms with van der Waals surface area (Å²) in [6, 6.07) is 2.68. The van der Waals surface area contributed by atoms with Crippen LogP contribution >= 0.6 is 50.7 Å². The van der Waals surface area contributed by atoms with E-state index < -0.39 is 5.82 Å². The van der Waals surface area contributed by atoms with Crippen molar-refractivity contribution in [2.45, 2.75) is 6.42 Å². The third-order valence-corrected chi connectivity index (χ3v) is 3.13. The van der Waals surface area contributed by atoms with Gasteiger partial charge in [0.25, 0.3) is 0 Å². The summed E-state index contributed by atoms with van der Waals surface area (Å²) in [5.74, 6) is -0.264. The minimum Gasteiger partial charge on any atom is -0.489 e. The van der Waals surface area contributed by atoms with Crippen molar-refractivity contribution in [1.29, 1.82) is 0 Å². The number of benzene rings is 1. The monoisotopic (exact) mass is 390 g/mol. The highest BCUT2D eigenvalue weighted by molar-refractivity contribution is 9.09. The Bertz CT molecular complexity index is 428. The molecular formula is C12H11BrCl3FO2. The van der Waals surface area contributed by atoms with Crippen LogP contribution < -0.4 is 9.47 Å². The number of halogens is 5.